The minimum atomic E-state index is -1.07. The van der Waals surface area contributed by atoms with Crippen LogP contribution in [0.1, 0.15) is 43.7 Å². The van der Waals surface area contributed by atoms with Gasteiger partial charge in [0.05, 0.1) is 21.3 Å². The molecule has 51 heavy (non-hydrogen) atoms. The first-order valence-corrected chi connectivity index (χ1v) is 17.2. The quantitative estimate of drug-likeness (QED) is 0.119. The molecule has 5 N–H and O–H groups in total. The lowest BCUT2D eigenvalue weighted by Gasteiger charge is -2.26. The summed E-state index contributed by atoms with van der Waals surface area (Å²) in [5.41, 5.74) is 8.92. The Bertz CT molecular complexity index is 1960. The molecule has 0 fully saturated rings. The number of hydrogen-bond acceptors (Lipinski definition) is 8. The van der Waals surface area contributed by atoms with E-state index in [9.17, 15) is 19.2 Å². The molecule has 3 amide bonds. The zero-order valence-corrected chi connectivity index (χ0v) is 29.5. The van der Waals surface area contributed by atoms with Gasteiger partial charge < -0.3 is 35.9 Å². The predicted molar refractivity (Wildman–Crippen MR) is 198 cm³/mol. The lowest BCUT2D eigenvalue weighted by Crippen LogP contribution is -2.56. The molecule has 4 bridgehead atoms. The van der Waals surface area contributed by atoms with E-state index in [1.165, 1.54) is 14.0 Å². The van der Waals surface area contributed by atoms with Gasteiger partial charge in [-0.25, -0.2) is 4.79 Å². The van der Waals surface area contributed by atoms with Crippen LogP contribution in [0.2, 0.25) is 0 Å². The molecule has 4 aromatic rings. The number of ether oxygens (including phenoxy) is 3. The SMILES string of the molecule is COC(=O)[C@@H]1C/C=C\Cc2cc3ccccc3c(c2OC)-c2c(OC)c(cc3ccccc23)CC(NC(C)=O)C(=O)N[C@H](CCCCN)C(=O)N1. The normalized spacial score (nSPS) is 18.9. The Hall–Kier alpha value is -5.42. The average Bonchev–Trinajstić information content (AvgIpc) is 3.13. The van der Waals surface area contributed by atoms with Gasteiger partial charge in [-0.15, -0.1) is 0 Å². The minimum Gasteiger partial charge on any atom is -0.496 e. The number of carbonyl (C=O) groups is 4. The van der Waals surface area contributed by atoms with Crippen molar-refractivity contribution in [2.75, 3.05) is 27.9 Å². The fourth-order valence-corrected chi connectivity index (χ4v) is 6.82. The minimum absolute atomic E-state index is 0.0526. The Kier molecular flexibility index (Phi) is 12.3. The number of unbranched alkanes of at least 4 members (excludes halogenated alkanes) is 1. The molecule has 1 aliphatic rings. The molecule has 0 saturated heterocycles. The van der Waals surface area contributed by atoms with Gasteiger partial charge in [-0.1, -0.05) is 60.7 Å². The van der Waals surface area contributed by atoms with Crippen LogP contribution in [0, 0.1) is 0 Å². The van der Waals surface area contributed by atoms with E-state index in [1.807, 2.05) is 66.7 Å². The van der Waals surface area contributed by atoms with Crippen molar-refractivity contribution in [1.82, 2.24) is 16.0 Å². The summed E-state index contributed by atoms with van der Waals surface area (Å²) in [5.74, 6) is -0.955. The van der Waals surface area contributed by atoms with Crippen molar-refractivity contribution in [2.45, 2.75) is 63.6 Å². The zero-order chi connectivity index (χ0) is 36.5. The fourth-order valence-electron chi connectivity index (χ4n) is 6.82. The van der Waals surface area contributed by atoms with E-state index in [0.29, 0.717) is 42.9 Å². The number of allylic oxidation sites excluding steroid dienone is 1. The lowest BCUT2D eigenvalue weighted by atomic mass is 9.87. The number of nitrogens with two attached hydrogens (primary N) is 1. The topological polar surface area (TPSA) is 158 Å². The summed E-state index contributed by atoms with van der Waals surface area (Å²) in [6.45, 7) is 1.75. The van der Waals surface area contributed by atoms with Crippen molar-refractivity contribution >= 4 is 45.2 Å². The Morgan fingerprint density at radius 2 is 1.43 bits per heavy atom. The van der Waals surface area contributed by atoms with Gasteiger partial charge in [-0.05, 0) is 83.5 Å². The summed E-state index contributed by atoms with van der Waals surface area (Å²) in [6, 6.07) is 17.0. The van der Waals surface area contributed by atoms with E-state index in [1.54, 1.807) is 14.2 Å². The molecule has 11 nitrogen and oxygen atoms in total. The van der Waals surface area contributed by atoms with Crippen LogP contribution in [-0.4, -0.2) is 69.7 Å². The van der Waals surface area contributed by atoms with Crippen LogP contribution >= 0.6 is 0 Å². The molecule has 1 unspecified atom stereocenters. The smallest absolute Gasteiger partial charge is 0.328 e. The second-order valence-electron chi connectivity index (χ2n) is 12.6. The number of methoxy groups -OCH3 is 3. The number of hydrogen-bond donors (Lipinski definition) is 4. The van der Waals surface area contributed by atoms with E-state index < -0.39 is 41.8 Å². The van der Waals surface area contributed by atoms with Crippen LogP contribution in [0.15, 0.2) is 72.8 Å². The standard InChI is InChI=1S/C40H46N4O7/c1-24(45)42-33-23-28-22-26-14-6-9-17-30(26)35(37(28)50-3)34-29-16-8-5-13-25(29)21-27(36(34)49-2)15-7-10-19-32(40(48)51-4)44-38(46)31(43-39(33)47)18-11-12-20-41/h5-10,13-14,16-17,21-22,31-33H,11-12,15,18-20,23,41H2,1-4H3,(H,42,45)(H,43,47)(H,44,46)/b10-7-/t31-,32+,33?/m1/s1. The largest absolute Gasteiger partial charge is 0.496 e. The number of rotatable bonds is 8. The number of carbonyl (C=O) groups excluding carboxylic acids is 4. The average molecular weight is 695 g/mol. The number of fused-ring (bicyclic) bond motifs is 9. The molecule has 3 atom stereocenters. The zero-order valence-electron chi connectivity index (χ0n) is 29.5. The van der Waals surface area contributed by atoms with Gasteiger partial charge in [0.15, 0.2) is 0 Å². The van der Waals surface area contributed by atoms with Crippen molar-refractivity contribution in [3.8, 4) is 22.6 Å². The molecule has 0 aliphatic carbocycles. The van der Waals surface area contributed by atoms with Gasteiger partial charge >= 0.3 is 5.97 Å². The van der Waals surface area contributed by atoms with Gasteiger partial charge in [0.25, 0.3) is 0 Å². The molecule has 268 valence electrons. The summed E-state index contributed by atoms with van der Waals surface area (Å²) >= 11 is 0. The number of amides is 3. The first-order valence-electron chi connectivity index (χ1n) is 17.2. The van der Waals surface area contributed by atoms with Crippen LogP contribution in [0.25, 0.3) is 32.7 Å². The molecule has 1 aliphatic heterocycles. The highest BCUT2D eigenvalue weighted by atomic mass is 16.5. The first kappa shape index (κ1) is 36.9. The van der Waals surface area contributed by atoms with Crippen LogP contribution in [0.3, 0.4) is 0 Å². The third-order valence-corrected chi connectivity index (χ3v) is 9.19. The molecule has 1 heterocycles. The van der Waals surface area contributed by atoms with Crippen molar-refractivity contribution in [2.24, 2.45) is 5.73 Å². The van der Waals surface area contributed by atoms with Crippen LogP contribution in [-0.2, 0) is 36.8 Å². The molecule has 5 rings (SSSR count). The van der Waals surface area contributed by atoms with Crippen LogP contribution in [0.5, 0.6) is 11.5 Å². The molecule has 0 spiro atoms. The van der Waals surface area contributed by atoms with E-state index in [4.69, 9.17) is 19.9 Å². The Morgan fingerprint density at radius 3 is 2.02 bits per heavy atom. The van der Waals surface area contributed by atoms with Gasteiger partial charge in [0.1, 0.15) is 29.6 Å². The van der Waals surface area contributed by atoms with Gasteiger partial charge in [-0.2, -0.15) is 0 Å². The Labute approximate surface area is 297 Å². The second-order valence-corrected chi connectivity index (χ2v) is 12.6. The van der Waals surface area contributed by atoms with E-state index in [0.717, 1.165) is 38.2 Å². The predicted octanol–water partition coefficient (Wildman–Crippen LogP) is 4.50. The second kappa shape index (κ2) is 17.0. The maximum atomic E-state index is 14.1. The van der Waals surface area contributed by atoms with Crippen molar-refractivity contribution in [3.63, 3.8) is 0 Å². The highest BCUT2D eigenvalue weighted by molar-refractivity contribution is 6.11. The van der Waals surface area contributed by atoms with E-state index in [2.05, 4.69) is 22.0 Å². The summed E-state index contributed by atoms with van der Waals surface area (Å²) in [6.07, 6.45) is 5.89. The third kappa shape index (κ3) is 8.32. The Balaban J connectivity index is 1.78. The van der Waals surface area contributed by atoms with Gasteiger partial charge in [0.2, 0.25) is 17.7 Å². The molecule has 4 aromatic carbocycles. The molecule has 0 aromatic heterocycles. The molecular formula is C40H46N4O7. The van der Waals surface area contributed by atoms with Crippen molar-refractivity contribution < 1.29 is 33.4 Å². The van der Waals surface area contributed by atoms with Crippen LogP contribution < -0.4 is 31.2 Å². The summed E-state index contributed by atoms with van der Waals surface area (Å²) in [4.78, 5) is 53.2. The third-order valence-electron chi connectivity index (χ3n) is 9.19. The molecular weight excluding hydrogens is 648 g/mol. The highest BCUT2D eigenvalue weighted by Crippen LogP contribution is 2.48. The van der Waals surface area contributed by atoms with Crippen molar-refractivity contribution in [1.29, 1.82) is 0 Å². The van der Waals surface area contributed by atoms with Crippen molar-refractivity contribution in [3.05, 3.63) is 83.9 Å². The maximum absolute atomic E-state index is 14.1. The van der Waals surface area contributed by atoms with Gasteiger partial charge in [-0.3, -0.25) is 14.4 Å². The van der Waals surface area contributed by atoms with Gasteiger partial charge in [0, 0.05) is 24.5 Å². The monoisotopic (exact) mass is 694 g/mol. The number of esters is 1. The van der Waals surface area contributed by atoms with E-state index >= 15 is 0 Å². The fraction of sp³-hybridized carbons (Fsp3) is 0.350. The Morgan fingerprint density at radius 1 is 0.824 bits per heavy atom. The first-order chi connectivity index (χ1) is 24.7. The summed E-state index contributed by atoms with van der Waals surface area (Å²) < 4.78 is 17.4. The number of benzene rings is 4. The molecule has 0 saturated carbocycles. The maximum Gasteiger partial charge on any atom is 0.328 e. The lowest BCUT2D eigenvalue weighted by molar-refractivity contribution is -0.145. The summed E-state index contributed by atoms with van der Waals surface area (Å²) in [5, 5.41) is 12.2. The van der Waals surface area contributed by atoms with Crippen LogP contribution in [0.4, 0.5) is 0 Å². The van der Waals surface area contributed by atoms with E-state index in [-0.39, 0.29) is 19.3 Å². The summed E-state index contributed by atoms with van der Waals surface area (Å²) in [7, 11) is 4.49. The highest BCUT2D eigenvalue weighted by Gasteiger charge is 2.31. The number of nitrogens with one attached hydrogen (secondary N) is 3. The molecule has 0 radical (unpaired) electrons. The molecule has 11 heteroatoms.